The van der Waals surface area contributed by atoms with Gasteiger partial charge in [-0.1, -0.05) is 45.0 Å². The highest BCUT2D eigenvalue weighted by molar-refractivity contribution is 5.26. The highest BCUT2D eigenvalue weighted by Gasteiger charge is 2.32. The SMILES string of the molecule is CCc1ccc(C(NC)C(C)N2CC(C)C(C)C2)cc1. The molecule has 20 heavy (non-hydrogen) atoms. The molecule has 4 unspecified atom stereocenters. The molecule has 2 nitrogen and oxygen atoms in total. The third kappa shape index (κ3) is 3.24. The molecule has 1 aromatic carbocycles. The number of likely N-dealkylation sites (tertiary alicyclic amines) is 1. The molecule has 0 bridgehead atoms. The number of hydrogen-bond acceptors (Lipinski definition) is 2. The van der Waals surface area contributed by atoms with Crippen LogP contribution in [0.25, 0.3) is 0 Å². The summed E-state index contributed by atoms with van der Waals surface area (Å²) in [5.74, 6) is 1.63. The molecule has 1 aliphatic heterocycles. The summed E-state index contributed by atoms with van der Waals surface area (Å²) in [4.78, 5) is 2.64. The molecular weight excluding hydrogens is 244 g/mol. The van der Waals surface area contributed by atoms with E-state index in [2.05, 4.69) is 69.2 Å². The molecule has 2 heteroatoms. The molecule has 1 aliphatic rings. The summed E-state index contributed by atoms with van der Waals surface area (Å²) in [6.07, 6.45) is 1.11. The van der Waals surface area contributed by atoms with Crippen LogP contribution in [0.5, 0.6) is 0 Å². The summed E-state index contributed by atoms with van der Waals surface area (Å²) in [7, 11) is 2.08. The van der Waals surface area contributed by atoms with Gasteiger partial charge in [-0.25, -0.2) is 0 Å². The van der Waals surface area contributed by atoms with Crippen molar-refractivity contribution in [3.63, 3.8) is 0 Å². The van der Waals surface area contributed by atoms with Crippen LogP contribution in [-0.4, -0.2) is 31.1 Å². The minimum atomic E-state index is 0.415. The van der Waals surface area contributed by atoms with Crippen LogP contribution in [0.4, 0.5) is 0 Å². The van der Waals surface area contributed by atoms with E-state index in [1.165, 1.54) is 24.2 Å². The van der Waals surface area contributed by atoms with E-state index in [1.807, 2.05) is 0 Å². The van der Waals surface area contributed by atoms with E-state index in [4.69, 9.17) is 0 Å². The summed E-state index contributed by atoms with van der Waals surface area (Å²) in [6, 6.07) is 10.1. The van der Waals surface area contributed by atoms with Gasteiger partial charge in [0.05, 0.1) is 0 Å². The number of hydrogen-bond donors (Lipinski definition) is 1. The zero-order valence-electron chi connectivity index (χ0n) is 13.7. The standard InChI is InChI=1S/C18H30N2/c1-6-16-7-9-17(10-8-16)18(19-5)15(4)20-11-13(2)14(3)12-20/h7-10,13-15,18-19H,6,11-12H2,1-5H3. The average Bonchev–Trinajstić information content (AvgIpc) is 2.80. The zero-order valence-corrected chi connectivity index (χ0v) is 13.7. The van der Waals surface area contributed by atoms with Crippen molar-refractivity contribution in [2.24, 2.45) is 11.8 Å². The van der Waals surface area contributed by atoms with Crippen LogP contribution in [0.2, 0.25) is 0 Å². The summed E-state index contributed by atoms with van der Waals surface area (Å²) in [6.45, 7) is 11.8. The molecule has 0 aliphatic carbocycles. The molecule has 0 spiro atoms. The Morgan fingerprint density at radius 1 is 1.15 bits per heavy atom. The zero-order chi connectivity index (χ0) is 14.7. The second-order valence-corrected chi connectivity index (χ2v) is 6.51. The number of aryl methyl sites for hydroxylation is 1. The Kier molecular flexibility index (Phi) is 5.22. The second kappa shape index (κ2) is 6.73. The highest BCUT2D eigenvalue weighted by Crippen LogP contribution is 2.29. The molecule has 2 rings (SSSR count). The Hall–Kier alpha value is -0.860. The normalized spacial score (nSPS) is 26.6. The van der Waals surface area contributed by atoms with E-state index in [9.17, 15) is 0 Å². The van der Waals surface area contributed by atoms with Crippen LogP contribution in [-0.2, 0) is 6.42 Å². The molecule has 1 saturated heterocycles. The Morgan fingerprint density at radius 2 is 1.70 bits per heavy atom. The first kappa shape index (κ1) is 15.5. The van der Waals surface area contributed by atoms with Gasteiger partial charge in [-0.15, -0.1) is 0 Å². The van der Waals surface area contributed by atoms with E-state index in [1.54, 1.807) is 0 Å². The Morgan fingerprint density at radius 3 is 2.15 bits per heavy atom. The monoisotopic (exact) mass is 274 g/mol. The fourth-order valence-electron chi connectivity index (χ4n) is 3.36. The number of benzene rings is 1. The lowest BCUT2D eigenvalue weighted by atomic mass is 9.98. The maximum Gasteiger partial charge on any atom is 0.0473 e. The molecule has 4 atom stereocenters. The summed E-state index contributed by atoms with van der Waals surface area (Å²) in [5, 5.41) is 3.52. The molecule has 1 N–H and O–H groups in total. The minimum absolute atomic E-state index is 0.415. The molecule has 112 valence electrons. The maximum absolute atomic E-state index is 3.52. The number of nitrogens with zero attached hydrogens (tertiary/aromatic N) is 1. The van der Waals surface area contributed by atoms with Gasteiger partial charge in [-0.05, 0) is 43.4 Å². The predicted molar refractivity (Wildman–Crippen MR) is 87.0 cm³/mol. The van der Waals surface area contributed by atoms with E-state index in [0.29, 0.717) is 12.1 Å². The number of rotatable bonds is 5. The predicted octanol–water partition coefficient (Wildman–Crippen LogP) is 3.49. The van der Waals surface area contributed by atoms with Crippen LogP contribution >= 0.6 is 0 Å². The molecule has 0 saturated carbocycles. The lowest BCUT2D eigenvalue weighted by molar-refractivity contribution is 0.203. The van der Waals surface area contributed by atoms with Crippen LogP contribution in [0.15, 0.2) is 24.3 Å². The van der Waals surface area contributed by atoms with Gasteiger partial charge in [-0.3, -0.25) is 4.90 Å². The molecule has 0 amide bonds. The van der Waals surface area contributed by atoms with Crippen LogP contribution in [0.3, 0.4) is 0 Å². The molecule has 0 aromatic heterocycles. The molecular formula is C18H30N2. The quantitative estimate of drug-likeness (QED) is 0.884. The van der Waals surface area contributed by atoms with Gasteiger partial charge >= 0.3 is 0 Å². The van der Waals surface area contributed by atoms with Crippen molar-refractivity contribution in [3.8, 4) is 0 Å². The largest absolute Gasteiger partial charge is 0.312 e. The van der Waals surface area contributed by atoms with Gasteiger partial charge < -0.3 is 5.32 Å². The van der Waals surface area contributed by atoms with Crippen molar-refractivity contribution < 1.29 is 0 Å². The fraction of sp³-hybridized carbons (Fsp3) is 0.667. The van der Waals surface area contributed by atoms with Crippen molar-refractivity contribution in [1.82, 2.24) is 10.2 Å². The first-order chi connectivity index (χ1) is 9.56. The topological polar surface area (TPSA) is 15.3 Å². The minimum Gasteiger partial charge on any atom is -0.312 e. The lowest BCUT2D eigenvalue weighted by Crippen LogP contribution is -2.41. The van der Waals surface area contributed by atoms with Gasteiger partial charge in [0.15, 0.2) is 0 Å². The van der Waals surface area contributed by atoms with Crippen molar-refractivity contribution in [2.75, 3.05) is 20.1 Å². The van der Waals surface area contributed by atoms with Crippen molar-refractivity contribution in [3.05, 3.63) is 35.4 Å². The van der Waals surface area contributed by atoms with Crippen molar-refractivity contribution in [2.45, 2.75) is 46.2 Å². The summed E-state index contributed by atoms with van der Waals surface area (Å²) in [5.41, 5.74) is 2.82. The van der Waals surface area contributed by atoms with Crippen LogP contribution < -0.4 is 5.32 Å². The van der Waals surface area contributed by atoms with E-state index in [0.717, 1.165) is 18.3 Å². The van der Waals surface area contributed by atoms with E-state index >= 15 is 0 Å². The smallest absolute Gasteiger partial charge is 0.0473 e. The lowest BCUT2D eigenvalue weighted by Gasteiger charge is -2.32. The number of likely N-dealkylation sites (N-methyl/N-ethyl adjacent to an activating group) is 1. The third-order valence-electron chi connectivity index (χ3n) is 5.13. The third-order valence-corrected chi connectivity index (χ3v) is 5.13. The van der Waals surface area contributed by atoms with Gasteiger partial charge in [0, 0.05) is 25.2 Å². The summed E-state index contributed by atoms with van der Waals surface area (Å²) < 4.78 is 0. The maximum atomic E-state index is 3.52. The molecule has 1 aromatic rings. The van der Waals surface area contributed by atoms with E-state index in [-0.39, 0.29) is 0 Å². The van der Waals surface area contributed by atoms with Crippen LogP contribution in [0.1, 0.15) is 44.9 Å². The van der Waals surface area contributed by atoms with Gasteiger partial charge in [-0.2, -0.15) is 0 Å². The highest BCUT2D eigenvalue weighted by atomic mass is 15.2. The van der Waals surface area contributed by atoms with Crippen molar-refractivity contribution >= 4 is 0 Å². The second-order valence-electron chi connectivity index (χ2n) is 6.51. The molecule has 1 heterocycles. The fourth-order valence-corrected chi connectivity index (χ4v) is 3.36. The Bertz CT molecular complexity index is 402. The Labute approximate surface area is 124 Å². The molecule has 1 fully saturated rings. The first-order valence-electron chi connectivity index (χ1n) is 8.07. The van der Waals surface area contributed by atoms with Gasteiger partial charge in [0.2, 0.25) is 0 Å². The van der Waals surface area contributed by atoms with Crippen LogP contribution in [0, 0.1) is 11.8 Å². The van der Waals surface area contributed by atoms with E-state index < -0.39 is 0 Å². The molecule has 0 radical (unpaired) electrons. The average molecular weight is 274 g/mol. The first-order valence-corrected chi connectivity index (χ1v) is 8.07. The van der Waals surface area contributed by atoms with Gasteiger partial charge in [0.25, 0.3) is 0 Å². The summed E-state index contributed by atoms with van der Waals surface area (Å²) >= 11 is 0. The van der Waals surface area contributed by atoms with Crippen molar-refractivity contribution in [1.29, 1.82) is 0 Å². The van der Waals surface area contributed by atoms with Gasteiger partial charge in [0.1, 0.15) is 0 Å². The number of nitrogens with one attached hydrogen (secondary N) is 1. The Balaban J connectivity index is 2.10.